The summed E-state index contributed by atoms with van der Waals surface area (Å²) in [6.07, 6.45) is 1.86. The Labute approximate surface area is 148 Å². The van der Waals surface area contributed by atoms with Crippen molar-refractivity contribution in [1.82, 2.24) is 9.55 Å². The van der Waals surface area contributed by atoms with Crippen molar-refractivity contribution in [2.75, 3.05) is 0 Å². The Kier molecular flexibility index (Phi) is 4.15. The summed E-state index contributed by atoms with van der Waals surface area (Å²) in [6.45, 7) is 0.636. The number of thiophene rings is 1. The zero-order valence-electron chi connectivity index (χ0n) is 12.8. The van der Waals surface area contributed by atoms with Gasteiger partial charge in [-0.25, -0.2) is 9.98 Å². The molecule has 4 aromatic rings. The van der Waals surface area contributed by atoms with Crippen LogP contribution < -0.4 is 0 Å². The molecule has 0 atom stereocenters. The summed E-state index contributed by atoms with van der Waals surface area (Å²) in [4.78, 5) is 10.4. The molecule has 3 nitrogen and oxygen atoms in total. The minimum atomic E-state index is 0.636. The monoisotopic (exact) mass is 351 g/mol. The van der Waals surface area contributed by atoms with Crippen LogP contribution in [0.15, 0.2) is 71.0 Å². The first-order valence-electron chi connectivity index (χ1n) is 7.57. The molecule has 0 saturated heterocycles. The minimum Gasteiger partial charge on any atom is -0.304 e. The highest BCUT2D eigenvalue weighted by molar-refractivity contribution is 7.11. The molecule has 0 aliphatic rings. The van der Waals surface area contributed by atoms with E-state index in [0.29, 0.717) is 12.5 Å². The van der Waals surface area contributed by atoms with Crippen molar-refractivity contribution in [2.45, 2.75) is 6.54 Å². The second kappa shape index (κ2) is 6.59. The van der Waals surface area contributed by atoms with Crippen LogP contribution in [0.5, 0.6) is 0 Å². The van der Waals surface area contributed by atoms with Crippen LogP contribution in [0.2, 0.25) is 5.02 Å². The number of halogens is 1. The molecule has 2 heterocycles. The molecule has 2 aromatic heterocycles. The third-order valence-electron chi connectivity index (χ3n) is 3.77. The fourth-order valence-electron chi connectivity index (χ4n) is 2.60. The molecule has 2 aromatic carbocycles. The topological polar surface area (TPSA) is 30.2 Å². The highest BCUT2D eigenvalue weighted by atomic mass is 35.5. The van der Waals surface area contributed by atoms with E-state index < -0.39 is 0 Å². The molecule has 0 unspecified atom stereocenters. The number of para-hydroxylation sites is 2. The van der Waals surface area contributed by atoms with Gasteiger partial charge >= 0.3 is 0 Å². The number of nitrogens with zero attached hydrogens (tertiary/aromatic N) is 3. The lowest BCUT2D eigenvalue weighted by Gasteiger charge is -2.08. The molecule has 0 aliphatic heterocycles. The van der Waals surface area contributed by atoms with Crippen LogP contribution in [0.1, 0.15) is 10.4 Å². The highest BCUT2D eigenvalue weighted by Gasteiger charge is 2.11. The Bertz CT molecular complexity index is 1000. The second-order valence-corrected chi connectivity index (χ2v) is 6.74. The van der Waals surface area contributed by atoms with E-state index >= 15 is 0 Å². The first-order valence-corrected chi connectivity index (χ1v) is 8.83. The van der Waals surface area contributed by atoms with Gasteiger partial charge in [0, 0.05) is 16.1 Å². The van der Waals surface area contributed by atoms with Gasteiger partial charge in [-0.1, -0.05) is 48.0 Å². The van der Waals surface area contributed by atoms with Gasteiger partial charge in [0.05, 0.1) is 17.6 Å². The van der Waals surface area contributed by atoms with Gasteiger partial charge in [-0.15, -0.1) is 11.3 Å². The van der Waals surface area contributed by atoms with E-state index in [0.717, 1.165) is 26.5 Å². The van der Waals surface area contributed by atoms with Crippen molar-refractivity contribution in [1.29, 1.82) is 0 Å². The van der Waals surface area contributed by atoms with Crippen LogP contribution in [0.25, 0.3) is 11.0 Å². The van der Waals surface area contributed by atoms with Crippen molar-refractivity contribution >= 4 is 46.1 Å². The van der Waals surface area contributed by atoms with E-state index in [4.69, 9.17) is 11.6 Å². The predicted octanol–water partition coefficient (Wildman–Crippen LogP) is 5.55. The highest BCUT2D eigenvalue weighted by Crippen LogP contribution is 2.25. The van der Waals surface area contributed by atoms with Crippen molar-refractivity contribution in [3.63, 3.8) is 0 Å². The third-order valence-corrected chi connectivity index (χ3v) is 4.95. The van der Waals surface area contributed by atoms with E-state index in [1.54, 1.807) is 11.3 Å². The number of aliphatic imine (C=N–C) groups is 1. The molecule has 0 N–H and O–H groups in total. The summed E-state index contributed by atoms with van der Waals surface area (Å²) in [5, 5.41) is 2.79. The zero-order valence-corrected chi connectivity index (χ0v) is 14.3. The number of fused-ring (bicyclic) bond motifs is 1. The normalized spacial score (nSPS) is 11.5. The van der Waals surface area contributed by atoms with Gasteiger partial charge in [-0.05, 0) is 35.2 Å². The number of hydrogen-bond acceptors (Lipinski definition) is 3. The summed E-state index contributed by atoms with van der Waals surface area (Å²) >= 11 is 7.99. The first kappa shape index (κ1) is 15.1. The molecule has 0 fully saturated rings. The molecule has 24 heavy (non-hydrogen) atoms. The lowest BCUT2D eigenvalue weighted by Crippen LogP contribution is -2.00. The largest absolute Gasteiger partial charge is 0.304 e. The van der Waals surface area contributed by atoms with Crippen LogP contribution in [-0.4, -0.2) is 15.8 Å². The Morgan fingerprint density at radius 1 is 1.04 bits per heavy atom. The number of rotatable bonds is 4. The van der Waals surface area contributed by atoms with Crippen LogP contribution >= 0.6 is 22.9 Å². The number of hydrogen-bond donors (Lipinski definition) is 0. The maximum absolute atomic E-state index is 6.33. The smallest absolute Gasteiger partial charge is 0.230 e. The van der Waals surface area contributed by atoms with Gasteiger partial charge in [-0.3, -0.25) is 0 Å². The number of imidazole rings is 1. The predicted molar refractivity (Wildman–Crippen MR) is 102 cm³/mol. The molecule has 0 amide bonds. The molecular weight excluding hydrogens is 338 g/mol. The Morgan fingerprint density at radius 3 is 2.71 bits per heavy atom. The van der Waals surface area contributed by atoms with E-state index in [2.05, 4.69) is 20.6 Å². The van der Waals surface area contributed by atoms with Gasteiger partial charge in [-0.2, -0.15) is 0 Å². The molecular formula is C19H14ClN3S. The number of benzene rings is 2. The Hall–Kier alpha value is -2.43. The second-order valence-electron chi connectivity index (χ2n) is 5.35. The number of aromatic nitrogens is 2. The molecule has 4 rings (SSSR count). The molecule has 0 saturated carbocycles. The van der Waals surface area contributed by atoms with Crippen LogP contribution in [0.4, 0.5) is 5.95 Å². The fourth-order valence-corrected chi connectivity index (χ4v) is 3.38. The lowest BCUT2D eigenvalue weighted by atomic mass is 10.2. The summed E-state index contributed by atoms with van der Waals surface area (Å²) in [6, 6.07) is 20.0. The van der Waals surface area contributed by atoms with E-state index in [-0.39, 0.29) is 0 Å². The van der Waals surface area contributed by atoms with Crippen molar-refractivity contribution in [3.8, 4) is 0 Å². The lowest BCUT2D eigenvalue weighted by molar-refractivity contribution is 0.827. The standard InChI is InChI=1S/C19H14ClN3S/c20-16-8-2-1-6-14(16)13-23-18-10-4-3-9-17(18)22-19(23)21-12-15-7-5-11-24-15/h1-12H,13H2/b21-12+. The molecule has 118 valence electrons. The van der Waals surface area contributed by atoms with Crippen molar-refractivity contribution < 1.29 is 0 Å². The first-order chi connectivity index (χ1) is 11.8. The minimum absolute atomic E-state index is 0.636. The van der Waals surface area contributed by atoms with Gasteiger partial charge < -0.3 is 4.57 Å². The van der Waals surface area contributed by atoms with E-state index in [9.17, 15) is 0 Å². The molecule has 0 aliphatic carbocycles. The Balaban J connectivity index is 1.80. The van der Waals surface area contributed by atoms with Crippen LogP contribution in [0.3, 0.4) is 0 Å². The fraction of sp³-hybridized carbons (Fsp3) is 0.0526. The molecule has 5 heteroatoms. The maximum atomic E-state index is 6.33. The average molecular weight is 352 g/mol. The van der Waals surface area contributed by atoms with Crippen molar-refractivity contribution in [2.24, 2.45) is 4.99 Å². The third kappa shape index (κ3) is 2.98. The summed E-state index contributed by atoms with van der Waals surface area (Å²) < 4.78 is 2.10. The molecule has 0 spiro atoms. The van der Waals surface area contributed by atoms with Gasteiger partial charge in [0.15, 0.2) is 0 Å². The molecule has 0 bridgehead atoms. The average Bonchev–Trinajstić information content (AvgIpc) is 3.23. The summed E-state index contributed by atoms with van der Waals surface area (Å²) in [7, 11) is 0. The molecule has 0 radical (unpaired) electrons. The SMILES string of the molecule is Clc1ccccc1Cn1c(/N=C/c2cccs2)nc2ccccc21. The summed E-state index contributed by atoms with van der Waals surface area (Å²) in [5.41, 5.74) is 3.04. The van der Waals surface area contributed by atoms with E-state index in [1.165, 1.54) is 0 Å². The van der Waals surface area contributed by atoms with Crippen molar-refractivity contribution in [3.05, 3.63) is 81.5 Å². The van der Waals surface area contributed by atoms with Gasteiger partial charge in [0.25, 0.3) is 0 Å². The van der Waals surface area contributed by atoms with Crippen LogP contribution in [-0.2, 0) is 6.54 Å². The maximum Gasteiger partial charge on any atom is 0.230 e. The Morgan fingerprint density at radius 2 is 1.88 bits per heavy atom. The van der Waals surface area contributed by atoms with Gasteiger partial charge in [0.1, 0.15) is 0 Å². The quantitative estimate of drug-likeness (QED) is 0.443. The van der Waals surface area contributed by atoms with Crippen LogP contribution in [0, 0.1) is 0 Å². The van der Waals surface area contributed by atoms with E-state index in [1.807, 2.05) is 66.2 Å². The zero-order chi connectivity index (χ0) is 16.4. The summed E-state index contributed by atoms with van der Waals surface area (Å²) in [5.74, 6) is 0.685. The van der Waals surface area contributed by atoms with Gasteiger partial charge in [0.2, 0.25) is 5.95 Å².